The number of benzene rings is 2. The third-order valence-electron chi connectivity index (χ3n) is 5.00. The van der Waals surface area contributed by atoms with Crippen LogP contribution in [0.4, 0.5) is 13.2 Å². The molecular weight excluding hydrogens is 428 g/mol. The van der Waals surface area contributed by atoms with Crippen LogP contribution in [0.25, 0.3) is 33.7 Å². The van der Waals surface area contributed by atoms with Crippen LogP contribution in [0.2, 0.25) is 0 Å². The van der Waals surface area contributed by atoms with Gasteiger partial charge >= 0.3 is 35.9 Å². The van der Waals surface area contributed by atoms with E-state index in [1.807, 2.05) is 23.7 Å². The molecule has 9 heteroatoms. The van der Waals surface area contributed by atoms with Crippen molar-refractivity contribution < 1.29 is 17.9 Å². The number of halogens is 3. The Morgan fingerprint density at radius 3 is 2.41 bits per heavy atom. The monoisotopic (exact) mass is 452 g/mol. The number of fused-ring (bicyclic) bond motifs is 1. The fourth-order valence-electron chi connectivity index (χ4n) is 3.43. The molecule has 164 valence electrons. The fraction of sp³-hybridized carbons (Fsp3) is 0.304. The first-order valence-electron chi connectivity index (χ1n) is 9.99. The molecule has 0 aliphatic carbocycles. The van der Waals surface area contributed by atoms with E-state index >= 15 is 0 Å². The first-order chi connectivity index (χ1) is 14.5. The number of para-hydroxylation sites is 1. The Hall–Kier alpha value is -2.29. The van der Waals surface area contributed by atoms with E-state index in [-0.39, 0.29) is 40.7 Å². The van der Waals surface area contributed by atoms with E-state index < -0.39 is 6.36 Å². The Morgan fingerprint density at radius 2 is 1.75 bits per heavy atom. The maximum atomic E-state index is 12.8. The van der Waals surface area contributed by atoms with Gasteiger partial charge < -0.3 is 9.72 Å². The Kier molecular flexibility index (Phi) is 6.79. The zero-order valence-corrected chi connectivity index (χ0v) is 17.7. The van der Waals surface area contributed by atoms with Crippen LogP contribution >= 0.6 is 0 Å². The number of rotatable bonds is 4. The number of aromatic nitrogens is 4. The van der Waals surface area contributed by atoms with E-state index in [1.165, 1.54) is 12.1 Å². The third-order valence-corrected chi connectivity index (χ3v) is 5.00. The summed E-state index contributed by atoms with van der Waals surface area (Å²) in [5.41, 5.74) is 4.10. The van der Waals surface area contributed by atoms with Gasteiger partial charge in [-0.05, 0) is 36.8 Å². The molecule has 5 nitrogen and oxygen atoms in total. The van der Waals surface area contributed by atoms with Gasteiger partial charge in [0.25, 0.3) is 0 Å². The van der Waals surface area contributed by atoms with Crippen LogP contribution in [0.15, 0.2) is 48.5 Å². The first kappa shape index (κ1) is 24.4. The van der Waals surface area contributed by atoms with Gasteiger partial charge in [-0.15, -0.1) is 13.2 Å². The molecule has 0 saturated carbocycles. The van der Waals surface area contributed by atoms with Gasteiger partial charge in [-0.2, -0.15) is 5.10 Å². The Bertz CT molecular complexity index is 1240. The minimum atomic E-state index is -4.76. The topological polar surface area (TPSA) is 55.7 Å². The molecule has 2 aromatic heterocycles. The van der Waals surface area contributed by atoms with Crippen molar-refractivity contribution in [1.82, 2.24) is 19.7 Å². The van der Waals surface area contributed by atoms with E-state index in [9.17, 15) is 13.2 Å². The summed E-state index contributed by atoms with van der Waals surface area (Å²) in [5, 5.41) is 4.69. The van der Waals surface area contributed by atoms with Crippen molar-refractivity contribution in [1.29, 1.82) is 0 Å². The summed E-state index contributed by atoms with van der Waals surface area (Å²) in [5.74, 6) is 0.417. The van der Waals surface area contributed by atoms with E-state index in [1.54, 1.807) is 24.3 Å². The van der Waals surface area contributed by atoms with Gasteiger partial charge in [-0.1, -0.05) is 45.0 Å². The summed E-state index contributed by atoms with van der Waals surface area (Å²) < 4.78 is 44.5. The van der Waals surface area contributed by atoms with Gasteiger partial charge in [0.15, 0.2) is 5.82 Å². The molecule has 0 fully saturated rings. The molecule has 4 rings (SSSR count). The molecule has 0 unspecified atom stereocenters. The van der Waals surface area contributed by atoms with Crippen LogP contribution in [-0.4, -0.2) is 55.7 Å². The summed E-state index contributed by atoms with van der Waals surface area (Å²) >= 11 is 0. The number of nitrogens with zero attached hydrogens (tertiary/aromatic N) is 3. The van der Waals surface area contributed by atoms with Crippen LogP contribution in [0.5, 0.6) is 5.75 Å². The van der Waals surface area contributed by atoms with Crippen LogP contribution in [-0.2, 0) is 12.0 Å². The number of hydrogen-bond donors (Lipinski definition) is 1. The average Bonchev–Trinajstić information content (AvgIpc) is 3.30. The molecule has 2 heterocycles. The number of hydrogen-bond acceptors (Lipinski definition) is 3. The average molecular weight is 452 g/mol. The molecule has 0 aliphatic rings. The Morgan fingerprint density at radius 1 is 1.03 bits per heavy atom. The van der Waals surface area contributed by atoms with E-state index in [0.717, 1.165) is 16.9 Å². The van der Waals surface area contributed by atoms with Crippen molar-refractivity contribution in [2.24, 2.45) is 0 Å². The van der Waals surface area contributed by atoms with Gasteiger partial charge in [0.05, 0.1) is 16.7 Å². The third kappa shape index (κ3) is 5.03. The van der Waals surface area contributed by atoms with Crippen molar-refractivity contribution in [3.63, 3.8) is 0 Å². The zero-order chi connectivity index (χ0) is 22.4. The number of imidazole rings is 1. The summed E-state index contributed by atoms with van der Waals surface area (Å²) in [7, 11) is 0. The molecule has 0 bridgehead atoms. The molecule has 0 radical (unpaired) electrons. The molecule has 0 spiro atoms. The Balaban J connectivity index is 0.00000289. The van der Waals surface area contributed by atoms with Crippen molar-refractivity contribution in [3.05, 3.63) is 54.2 Å². The summed E-state index contributed by atoms with van der Waals surface area (Å²) in [6.45, 7) is 9.01. The van der Waals surface area contributed by atoms with Crippen LogP contribution < -0.4 is 4.74 Å². The summed E-state index contributed by atoms with van der Waals surface area (Å²) in [6, 6.07) is 13.4. The first-order valence-corrected chi connectivity index (χ1v) is 9.99. The minimum absolute atomic E-state index is 0. The molecular formula is C23H24F3N4NaO. The molecule has 2 aromatic carbocycles. The summed E-state index contributed by atoms with van der Waals surface area (Å²) in [6.07, 6.45) is -4.76. The number of aromatic amines is 1. The van der Waals surface area contributed by atoms with E-state index in [2.05, 4.69) is 30.5 Å². The SMILES string of the molecule is CCn1nc(C(C)(C)C)cc1-c1nc2cc(-c3ccccc3OC(F)(F)F)ccc2[nH]1.[NaH]. The number of alkyl halides is 3. The van der Waals surface area contributed by atoms with Gasteiger partial charge in [0.1, 0.15) is 11.4 Å². The van der Waals surface area contributed by atoms with Gasteiger partial charge in [-0.3, -0.25) is 4.68 Å². The van der Waals surface area contributed by atoms with E-state index in [4.69, 9.17) is 10.1 Å². The second-order valence-electron chi connectivity index (χ2n) is 8.34. The van der Waals surface area contributed by atoms with Gasteiger partial charge in [0.2, 0.25) is 0 Å². The second kappa shape index (κ2) is 8.92. The van der Waals surface area contributed by atoms with Crippen molar-refractivity contribution in [2.45, 2.75) is 46.0 Å². The number of ether oxygens (including phenoxy) is 1. The number of aryl methyl sites for hydroxylation is 1. The number of nitrogens with one attached hydrogen (secondary N) is 1. The predicted molar refractivity (Wildman–Crippen MR) is 121 cm³/mol. The predicted octanol–water partition coefficient (Wildman–Crippen LogP) is 5.66. The normalized spacial score (nSPS) is 12.1. The quantitative estimate of drug-likeness (QED) is 0.407. The zero-order valence-electron chi connectivity index (χ0n) is 17.7. The standard InChI is InChI=1S/C23H23F3N4O.Na.H/c1-5-30-18(13-20(29-30)22(2,3)4)21-27-16-11-10-14(12-17(16)28-21)15-8-6-7-9-19(15)31-23(24,25)26;;/h6-13H,5H2,1-4H3,(H,27,28);;. The molecule has 0 aliphatic heterocycles. The van der Waals surface area contributed by atoms with Crippen molar-refractivity contribution >= 4 is 40.6 Å². The van der Waals surface area contributed by atoms with Crippen molar-refractivity contribution in [3.8, 4) is 28.4 Å². The summed E-state index contributed by atoms with van der Waals surface area (Å²) in [4.78, 5) is 8.00. The Labute approximate surface area is 206 Å². The van der Waals surface area contributed by atoms with Crippen LogP contribution in [0, 0.1) is 0 Å². The van der Waals surface area contributed by atoms with Crippen LogP contribution in [0.3, 0.4) is 0 Å². The molecule has 0 saturated heterocycles. The van der Waals surface area contributed by atoms with Gasteiger partial charge in [0, 0.05) is 17.5 Å². The molecule has 1 N–H and O–H groups in total. The molecule has 0 amide bonds. The molecule has 32 heavy (non-hydrogen) atoms. The molecule has 0 atom stereocenters. The fourth-order valence-corrected chi connectivity index (χ4v) is 3.43. The van der Waals surface area contributed by atoms with Gasteiger partial charge in [-0.25, -0.2) is 4.98 Å². The van der Waals surface area contributed by atoms with E-state index in [0.29, 0.717) is 29.0 Å². The van der Waals surface area contributed by atoms with Crippen molar-refractivity contribution in [2.75, 3.05) is 0 Å². The second-order valence-corrected chi connectivity index (χ2v) is 8.34. The maximum absolute atomic E-state index is 12.8. The van der Waals surface area contributed by atoms with Crippen LogP contribution in [0.1, 0.15) is 33.4 Å². The molecule has 4 aromatic rings. The number of H-pyrrole nitrogens is 1.